The van der Waals surface area contributed by atoms with Crippen LogP contribution in [0.15, 0.2) is 49.2 Å². The zero-order valence-corrected chi connectivity index (χ0v) is 12.4. The van der Waals surface area contributed by atoms with Crippen LogP contribution in [0.5, 0.6) is 11.5 Å². The Bertz CT molecular complexity index is 672. The highest BCUT2D eigenvalue weighted by molar-refractivity contribution is 5.95. The van der Waals surface area contributed by atoms with Gasteiger partial charge in [0.05, 0.1) is 25.6 Å². The fourth-order valence-electron chi connectivity index (χ4n) is 1.79. The molecule has 0 aliphatic heterocycles. The predicted molar refractivity (Wildman–Crippen MR) is 83.4 cm³/mol. The van der Waals surface area contributed by atoms with Crippen LogP contribution >= 0.6 is 0 Å². The van der Waals surface area contributed by atoms with Gasteiger partial charge in [0.2, 0.25) is 0 Å². The summed E-state index contributed by atoms with van der Waals surface area (Å²) in [6.45, 7) is 3.82. The fourth-order valence-corrected chi connectivity index (χ4v) is 1.79. The quantitative estimate of drug-likeness (QED) is 0.798. The average molecular weight is 299 g/mol. The average Bonchev–Trinajstić information content (AvgIpc) is 2.59. The molecule has 22 heavy (non-hydrogen) atoms. The molecule has 0 unspecified atom stereocenters. The minimum atomic E-state index is -0.321. The highest BCUT2D eigenvalue weighted by Crippen LogP contribution is 2.27. The number of amides is 1. The second kappa shape index (κ2) is 7.12. The van der Waals surface area contributed by atoms with E-state index in [1.165, 1.54) is 14.2 Å². The Hall–Kier alpha value is -3.02. The molecule has 2 rings (SSSR count). The number of hydrogen-bond donors (Lipinski definition) is 2. The van der Waals surface area contributed by atoms with Crippen molar-refractivity contribution in [1.29, 1.82) is 0 Å². The third-order valence-corrected chi connectivity index (χ3v) is 2.95. The number of pyridine rings is 1. The van der Waals surface area contributed by atoms with Crippen LogP contribution in [0.4, 0.5) is 0 Å². The number of carbonyl (C=O) groups is 1. The van der Waals surface area contributed by atoms with E-state index in [0.29, 0.717) is 28.5 Å². The van der Waals surface area contributed by atoms with Gasteiger partial charge in [-0.2, -0.15) is 0 Å². The number of carbonyl (C=O) groups excluding carboxylic acids is 1. The van der Waals surface area contributed by atoms with E-state index in [-0.39, 0.29) is 5.91 Å². The van der Waals surface area contributed by atoms with E-state index in [1.54, 1.807) is 36.5 Å². The van der Waals surface area contributed by atoms with Gasteiger partial charge in [0, 0.05) is 11.8 Å². The van der Waals surface area contributed by atoms with Crippen LogP contribution in [0.2, 0.25) is 0 Å². The smallest absolute Gasteiger partial charge is 0.269 e. The van der Waals surface area contributed by atoms with Crippen molar-refractivity contribution in [2.24, 2.45) is 0 Å². The summed E-state index contributed by atoms with van der Waals surface area (Å²) in [5, 5.41) is 0. The third-order valence-electron chi connectivity index (χ3n) is 2.95. The number of aromatic nitrogens is 1. The van der Waals surface area contributed by atoms with Gasteiger partial charge >= 0.3 is 0 Å². The maximum atomic E-state index is 12.1. The fraction of sp³-hybridized carbons (Fsp3) is 0.125. The summed E-state index contributed by atoms with van der Waals surface area (Å²) >= 11 is 0. The van der Waals surface area contributed by atoms with Gasteiger partial charge in [0.1, 0.15) is 0 Å². The Kier molecular flexibility index (Phi) is 4.98. The highest BCUT2D eigenvalue weighted by atomic mass is 16.5. The molecule has 0 radical (unpaired) electrons. The van der Waals surface area contributed by atoms with E-state index < -0.39 is 0 Å². The molecular weight excluding hydrogens is 282 g/mol. The Morgan fingerprint density at radius 2 is 1.86 bits per heavy atom. The standard InChI is InChI=1S/C16H17N3O3/c1-11(13-6-4-5-9-17-13)18-19-16(20)12-7-8-14(21-2)15(10-12)22-3/h4-10,18H,1H2,2-3H3,(H,19,20). The molecule has 1 aromatic heterocycles. The minimum absolute atomic E-state index is 0.321. The number of hydrazine groups is 1. The molecular formula is C16H17N3O3. The van der Waals surface area contributed by atoms with Crippen molar-refractivity contribution in [3.05, 3.63) is 60.4 Å². The van der Waals surface area contributed by atoms with E-state index >= 15 is 0 Å². The molecule has 0 aliphatic rings. The van der Waals surface area contributed by atoms with Crippen molar-refractivity contribution in [1.82, 2.24) is 15.8 Å². The first-order valence-corrected chi connectivity index (χ1v) is 6.54. The number of methoxy groups -OCH3 is 2. The predicted octanol–water partition coefficient (Wildman–Crippen LogP) is 2.00. The van der Waals surface area contributed by atoms with Gasteiger partial charge in [-0.3, -0.25) is 20.6 Å². The van der Waals surface area contributed by atoms with E-state index in [4.69, 9.17) is 9.47 Å². The van der Waals surface area contributed by atoms with Gasteiger partial charge < -0.3 is 9.47 Å². The van der Waals surface area contributed by atoms with Crippen molar-refractivity contribution in [3.63, 3.8) is 0 Å². The van der Waals surface area contributed by atoms with Gasteiger partial charge in [0.15, 0.2) is 11.5 Å². The number of ether oxygens (including phenoxy) is 2. The topological polar surface area (TPSA) is 72.5 Å². The summed E-state index contributed by atoms with van der Waals surface area (Å²) in [4.78, 5) is 16.2. The molecule has 2 aromatic rings. The normalized spacial score (nSPS) is 9.73. The second-order valence-corrected chi connectivity index (χ2v) is 4.34. The monoisotopic (exact) mass is 299 g/mol. The Labute approximate surface area is 128 Å². The summed E-state index contributed by atoms with van der Waals surface area (Å²) in [6.07, 6.45) is 1.65. The Morgan fingerprint density at radius 1 is 1.09 bits per heavy atom. The molecule has 1 aromatic carbocycles. The lowest BCUT2D eigenvalue weighted by atomic mass is 10.2. The first-order valence-electron chi connectivity index (χ1n) is 6.54. The maximum absolute atomic E-state index is 12.1. The molecule has 114 valence electrons. The molecule has 0 saturated carbocycles. The number of rotatable bonds is 6. The van der Waals surface area contributed by atoms with E-state index in [0.717, 1.165) is 0 Å². The first-order chi connectivity index (χ1) is 10.7. The Balaban J connectivity index is 2.02. The first kappa shape index (κ1) is 15.4. The molecule has 0 fully saturated rings. The largest absolute Gasteiger partial charge is 0.493 e. The van der Waals surface area contributed by atoms with Crippen molar-refractivity contribution in [3.8, 4) is 11.5 Å². The number of hydrogen-bond acceptors (Lipinski definition) is 5. The lowest BCUT2D eigenvalue weighted by Crippen LogP contribution is -2.36. The second-order valence-electron chi connectivity index (χ2n) is 4.34. The summed E-state index contributed by atoms with van der Waals surface area (Å²) in [6, 6.07) is 10.3. The highest BCUT2D eigenvalue weighted by Gasteiger charge is 2.11. The summed E-state index contributed by atoms with van der Waals surface area (Å²) in [7, 11) is 3.05. The zero-order chi connectivity index (χ0) is 15.9. The molecule has 0 spiro atoms. The molecule has 0 saturated heterocycles. The van der Waals surface area contributed by atoms with Gasteiger partial charge in [0.25, 0.3) is 5.91 Å². The summed E-state index contributed by atoms with van der Waals surface area (Å²) in [5.41, 5.74) is 6.87. The number of nitrogens with zero attached hydrogens (tertiary/aromatic N) is 1. The van der Waals surface area contributed by atoms with Gasteiger partial charge in [-0.15, -0.1) is 0 Å². The lowest BCUT2D eigenvalue weighted by Gasteiger charge is -2.12. The summed E-state index contributed by atoms with van der Waals surface area (Å²) in [5.74, 6) is 0.724. The van der Waals surface area contributed by atoms with Gasteiger partial charge in [-0.05, 0) is 30.3 Å². The molecule has 1 amide bonds. The van der Waals surface area contributed by atoms with Crippen LogP contribution in [0.25, 0.3) is 5.70 Å². The SMILES string of the molecule is C=C(NNC(=O)c1ccc(OC)c(OC)c1)c1ccccn1. The Morgan fingerprint density at radius 3 is 2.50 bits per heavy atom. The number of nitrogens with one attached hydrogen (secondary N) is 2. The molecule has 0 aliphatic carbocycles. The molecule has 6 heteroatoms. The molecule has 0 atom stereocenters. The van der Waals surface area contributed by atoms with Crippen LogP contribution in [0, 0.1) is 0 Å². The van der Waals surface area contributed by atoms with Crippen molar-refractivity contribution in [2.45, 2.75) is 0 Å². The van der Waals surface area contributed by atoms with E-state index in [9.17, 15) is 4.79 Å². The van der Waals surface area contributed by atoms with E-state index in [2.05, 4.69) is 22.4 Å². The third kappa shape index (κ3) is 3.54. The van der Waals surface area contributed by atoms with Crippen LogP contribution in [-0.2, 0) is 0 Å². The molecule has 0 bridgehead atoms. The van der Waals surface area contributed by atoms with Crippen molar-refractivity contribution >= 4 is 11.6 Å². The minimum Gasteiger partial charge on any atom is -0.493 e. The van der Waals surface area contributed by atoms with E-state index in [1.807, 2.05) is 6.07 Å². The summed E-state index contributed by atoms with van der Waals surface area (Å²) < 4.78 is 10.3. The van der Waals surface area contributed by atoms with Crippen molar-refractivity contribution < 1.29 is 14.3 Å². The van der Waals surface area contributed by atoms with Gasteiger partial charge in [-0.1, -0.05) is 12.6 Å². The number of benzene rings is 1. The lowest BCUT2D eigenvalue weighted by molar-refractivity contribution is 0.0942. The maximum Gasteiger partial charge on any atom is 0.269 e. The molecule has 1 heterocycles. The van der Waals surface area contributed by atoms with Crippen LogP contribution in [0.1, 0.15) is 16.1 Å². The van der Waals surface area contributed by atoms with Crippen LogP contribution in [-0.4, -0.2) is 25.1 Å². The molecule has 6 nitrogen and oxygen atoms in total. The van der Waals surface area contributed by atoms with Gasteiger partial charge in [-0.25, -0.2) is 0 Å². The molecule has 2 N–H and O–H groups in total. The van der Waals surface area contributed by atoms with Crippen LogP contribution in [0.3, 0.4) is 0 Å². The van der Waals surface area contributed by atoms with Crippen LogP contribution < -0.4 is 20.3 Å². The zero-order valence-electron chi connectivity index (χ0n) is 12.4. The van der Waals surface area contributed by atoms with Crippen molar-refractivity contribution in [2.75, 3.05) is 14.2 Å².